The maximum atomic E-state index is 12.1. The molecule has 0 N–H and O–H groups in total. The van der Waals surface area contributed by atoms with Crippen LogP contribution < -0.4 is 9.47 Å². The van der Waals surface area contributed by atoms with Gasteiger partial charge in [0.25, 0.3) is 5.79 Å². The van der Waals surface area contributed by atoms with Crippen LogP contribution in [0.25, 0.3) is 6.08 Å². The van der Waals surface area contributed by atoms with Crippen LogP contribution in [-0.4, -0.2) is 24.8 Å². The molecule has 0 aliphatic carbocycles. The van der Waals surface area contributed by atoms with Crippen LogP contribution in [0.4, 0.5) is 0 Å². The lowest BCUT2D eigenvalue weighted by Crippen LogP contribution is -2.41. The Morgan fingerprint density at radius 2 is 1.57 bits per heavy atom. The number of methoxy groups -OCH3 is 1. The molecular formula is C21H17Cl3O6. The molecule has 0 bridgehead atoms. The van der Waals surface area contributed by atoms with Crippen molar-refractivity contribution in [2.24, 2.45) is 0 Å². The third kappa shape index (κ3) is 5.01. The second kappa shape index (κ2) is 8.76. The molecule has 1 aliphatic rings. The van der Waals surface area contributed by atoms with E-state index in [9.17, 15) is 9.59 Å². The van der Waals surface area contributed by atoms with Gasteiger partial charge in [-0.2, -0.15) is 0 Å². The molecule has 6 nitrogen and oxygen atoms in total. The molecule has 2 aromatic rings. The molecule has 1 fully saturated rings. The van der Waals surface area contributed by atoms with Gasteiger partial charge in [-0.1, -0.05) is 40.9 Å². The summed E-state index contributed by atoms with van der Waals surface area (Å²) in [5.74, 6) is -2.03. The largest absolute Gasteiger partial charge is 0.493 e. The number of cyclic esters (lactones) is 2. The molecule has 0 aromatic heterocycles. The number of halogens is 3. The highest BCUT2D eigenvalue weighted by atomic mass is 35.5. The summed E-state index contributed by atoms with van der Waals surface area (Å²) < 4.78 is 21.3. The van der Waals surface area contributed by atoms with E-state index in [-0.39, 0.29) is 12.2 Å². The summed E-state index contributed by atoms with van der Waals surface area (Å²) in [4.78, 5) is 24.2. The number of ether oxygens (including phenoxy) is 4. The number of hydrogen-bond donors (Lipinski definition) is 0. The average Bonchev–Trinajstić information content (AvgIpc) is 2.63. The molecule has 0 spiro atoms. The summed E-state index contributed by atoms with van der Waals surface area (Å²) in [5.41, 5.74) is 0.876. The molecule has 0 saturated carbocycles. The first kappa shape index (κ1) is 22.3. The van der Waals surface area contributed by atoms with Crippen LogP contribution in [0.3, 0.4) is 0 Å². The van der Waals surface area contributed by atoms with E-state index in [1.165, 1.54) is 27.0 Å². The normalized spacial score (nSPS) is 15.3. The molecule has 1 aliphatic heterocycles. The Morgan fingerprint density at radius 3 is 2.13 bits per heavy atom. The van der Waals surface area contributed by atoms with Crippen molar-refractivity contribution in [3.63, 3.8) is 0 Å². The van der Waals surface area contributed by atoms with Gasteiger partial charge in [0.05, 0.1) is 17.2 Å². The summed E-state index contributed by atoms with van der Waals surface area (Å²) >= 11 is 18.3. The van der Waals surface area contributed by atoms with Gasteiger partial charge in [0.2, 0.25) is 0 Å². The van der Waals surface area contributed by atoms with E-state index >= 15 is 0 Å². The van der Waals surface area contributed by atoms with Crippen LogP contribution >= 0.6 is 34.8 Å². The third-order valence-corrected chi connectivity index (χ3v) is 4.99. The van der Waals surface area contributed by atoms with E-state index in [0.717, 1.165) is 0 Å². The molecule has 0 unspecified atom stereocenters. The SMILES string of the molecule is COc1cc(C=C2C(=O)OC(C)(C)OC2=O)ccc1OCc1c(Cl)cc(Cl)cc1Cl. The molecular weight excluding hydrogens is 455 g/mol. The topological polar surface area (TPSA) is 71.1 Å². The van der Waals surface area contributed by atoms with Crippen molar-refractivity contribution in [1.29, 1.82) is 0 Å². The van der Waals surface area contributed by atoms with E-state index < -0.39 is 17.7 Å². The Kier molecular flexibility index (Phi) is 6.50. The zero-order chi connectivity index (χ0) is 22.1. The van der Waals surface area contributed by atoms with Crippen LogP contribution in [0.1, 0.15) is 25.0 Å². The minimum Gasteiger partial charge on any atom is -0.493 e. The van der Waals surface area contributed by atoms with E-state index in [2.05, 4.69) is 0 Å². The van der Waals surface area contributed by atoms with E-state index in [4.69, 9.17) is 53.8 Å². The number of rotatable bonds is 5. The van der Waals surface area contributed by atoms with Gasteiger partial charge >= 0.3 is 11.9 Å². The van der Waals surface area contributed by atoms with Gasteiger partial charge in [0, 0.05) is 24.4 Å². The molecule has 0 atom stereocenters. The second-order valence-electron chi connectivity index (χ2n) is 6.78. The first-order valence-corrected chi connectivity index (χ1v) is 9.85. The van der Waals surface area contributed by atoms with Crippen molar-refractivity contribution >= 4 is 52.8 Å². The summed E-state index contributed by atoms with van der Waals surface area (Å²) in [7, 11) is 1.47. The van der Waals surface area contributed by atoms with Crippen LogP contribution in [0.2, 0.25) is 15.1 Å². The van der Waals surface area contributed by atoms with Crippen molar-refractivity contribution in [3.05, 3.63) is 62.1 Å². The quantitative estimate of drug-likeness (QED) is 0.328. The van der Waals surface area contributed by atoms with E-state index in [1.54, 1.807) is 30.3 Å². The summed E-state index contributed by atoms with van der Waals surface area (Å²) in [5, 5.41) is 1.18. The fourth-order valence-corrected chi connectivity index (χ4v) is 3.62. The van der Waals surface area contributed by atoms with Gasteiger partial charge < -0.3 is 18.9 Å². The summed E-state index contributed by atoms with van der Waals surface area (Å²) in [6.45, 7) is 3.04. The van der Waals surface area contributed by atoms with Crippen molar-refractivity contribution < 1.29 is 28.5 Å². The lowest BCUT2D eigenvalue weighted by atomic mass is 10.1. The zero-order valence-corrected chi connectivity index (χ0v) is 18.5. The smallest absolute Gasteiger partial charge is 0.348 e. The van der Waals surface area contributed by atoms with Crippen LogP contribution in [0.5, 0.6) is 11.5 Å². The Morgan fingerprint density at radius 1 is 0.967 bits per heavy atom. The monoisotopic (exact) mass is 470 g/mol. The van der Waals surface area contributed by atoms with Crippen molar-refractivity contribution in [2.75, 3.05) is 7.11 Å². The molecule has 2 aromatic carbocycles. The van der Waals surface area contributed by atoms with Gasteiger partial charge in [-0.3, -0.25) is 0 Å². The maximum Gasteiger partial charge on any atom is 0.348 e. The van der Waals surface area contributed by atoms with Crippen molar-refractivity contribution in [2.45, 2.75) is 26.2 Å². The highest BCUT2D eigenvalue weighted by molar-refractivity contribution is 6.39. The molecule has 3 rings (SSSR count). The van der Waals surface area contributed by atoms with Crippen molar-refractivity contribution in [3.8, 4) is 11.5 Å². The Hall–Kier alpha value is -2.41. The summed E-state index contributed by atoms with van der Waals surface area (Å²) in [6, 6.07) is 8.03. The number of hydrogen-bond acceptors (Lipinski definition) is 6. The fraction of sp³-hybridized carbons (Fsp3) is 0.238. The molecule has 1 heterocycles. The number of esters is 2. The highest BCUT2D eigenvalue weighted by Crippen LogP contribution is 2.34. The lowest BCUT2D eigenvalue weighted by Gasteiger charge is -2.29. The Labute approximate surface area is 188 Å². The lowest BCUT2D eigenvalue weighted by molar-refractivity contribution is -0.222. The van der Waals surface area contributed by atoms with Crippen molar-refractivity contribution in [1.82, 2.24) is 0 Å². The van der Waals surface area contributed by atoms with Crippen LogP contribution in [0, 0.1) is 0 Å². The minimum absolute atomic E-state index is 0.0827. The average molecular weight is 472 g/mol. The van der Waals surface area contributed by atoms with Crippen LogP contribution in [-0.2, 0) is 25.7 Å². The van der Waals surface area contributed by atoms with Gasteiger partial charge in [0.1, 0.15) is 12.2 Å². The molecule has 0 radical (unpaired) electrons. The molecule has 0 amide bonds. The molecule has 1 saturated heterocycles. The van der Waals surface area contributed by atoms with E-state index in [1.807, 2.05) is 0 Å². The first-order chi connectivity index (χ1) is 14.1. The standard InChI is InChI=1S/C21H17Cl3O6/c1-21(2)29-19(25)13(20(26)30-21)6-11-4-5-17(18(7-11)27-3)28-10-14-15(23)8-12(22)9-16(14)24/h4-9H,10H2,1-3H3. The predicted molar refractivity (Wildman–Crippen MR) is 113 cm³/mol. The molecule has 30 heavy (non-hydrogen) atoms. The fourth-order valence-electron chi connectivity index (χ4n) is 2.70. The van der Waals surface area contributed by atoms with Gasteiger partial charge in [-0.05, 0) is 35.9 Å². The summed E-state index contributed by atoms with van der Waals surface area (Å²) in [6.07, 6.45) is 1.36. The number of carbonyl (C=O) groups excluding carboxylic acids is 2. The third-order valence-electron chi connectivity index (χ3n) is 4.09. The first-order valence-electron chi connectivity index (χ1n) is 8.72. The molecule has 9 heteroatoms. The molecule has 158 valence electrons. The van der Waals surface area contributed by atoms with Crippen LogP contribution in [0.15, 0.2) is 35.9 Å². The minimum atomic E-state index is -1.30. The highest BCUT2D eigenvalue weighted by Gasteiger charge is 2.38. The second-order valence-corrected chi connectivity index (χ2v) is 8.03. The Balaban J connectivity index is 1.82. The Bertz CT molecular complexity index is 1000. The van der Waals surface area contributed by atoms with Gasteiger partial charge in [-0.15, -0.1) is 0 Å². The maximum absolute atomic E-state index is 12.1. The predicted octanol–water partition coefficient (Wildman–Crippen LogP) is 5.45. The zero-order valence-electron chi connectivity index (χ0n) is 16.3. The number of benzene rings is 2. The van der Waals surface area contributed by atoms with Gasteiger partial charge in [0.15, 0.2) is 11.5 Å². The van der Waals surface area contributed by atoms with Gasteiger partial charge in [-0.25, -0.2) is 9.59 Å². The van der Waals surface area contributed by atoms with E-state index in [0.29, 0.717) is 37.7 Å². The number of carbonyl (C=O) groups is 2.